The highest BCUT2D eigenvalue weighted by Gasteiger charge is 2.31. The SMILES string of the molecule is COc1c(O)cc(O)c2c1C(=O)OC(C)C2. The molecule has 1 aromatic carbocycles. The Morgan fingerprint density at radius 1 is 1.44 bits per heavy atom. The summed E-state index contributed by atoms with van der Waals surface area (Å²) in [6, 6.07) is 1.17. The van der Waals surface area contributed by atoms with Gasteiger partial charge in [0.2, 0.25) is 0 Å². The lowest BCUT2D eigenvalue weighted by atomic mass is 9.96. The number of rotatable bonds is 1. The zero-order valence-corrected chi connectivity index (χ0v) is 8.98. The molecule has 0 fully saturated rings. The molecule has 0 spiro atoms. The fraction of sp³-hybridized carbons (Fsp3) is 0.364. The number of hydrogen-bond acceptors (Lipinski definition) is 5. The van der Waals surface area contributed by atoms with Crippen molar-refractivity contribution in [3.8, 4) is 17.2 Å². The zero-order chi connectivity index (χ0) is 11.9. The number of carbonyl (C=O) groups is 1. The Bertz CT molecular complexity index is 452. The van der Waals surface area contributed by atoms with E-state index in [1.165, 1.54) is 13.2 Å². The van der Waals surface area contributed by atoms with E-state index < -0.39 is 5.97 Å². The van der Waals surface area contributed by atoms with Gasteiger partial charge in [-0.1, -0.05) is 0 Å². The molecule has 1 atom stereocenters. The molecule has 16 heavy (non-hydrogen) atoms. The van der Waals surface area contributed by atoms with Gasteiger partial charge in [-0.3, -0.25) is 0 Å². The van der Waals surface area contributed by atoms with Crippen LogP contribution < -0.4 is 4.74 Å². The van der Waals surface area contributed by atoms with Gasteiger partial charge in [0.25, 0.3) is 0 Å². The summed E-state index contributed by atoms with van der Waals surface area (Å²) in [4.78, 5) is 11.7. The van der Waals surface area contributed by atoms with Gasteiger partial charge in [-0.05, 0) is 6.92 Å². The smallest absolute Gasteiger partial charge is 0.342 e. The molecule has 0 radical (unpaired) electrons. The maximum atomic E-state index is 11.7. The van der Waals surface area contributed by atoms with Crippen molar-refractivity contribution in [2.45, 2.75) is 19.4 Å². The number of phenols is 2. The van der Waals surface area contributed by atoms with E-state index in [1.807, 2.05) is 0 Å². The van der Waals surface area contributed by atoms with Crippen LogP contribution in [0.25, 0.3) is 0 Å². The third kappa shape index (κ3) is 1.44. The third-order valence-corrected chi connectivity index (χ3v) is 2.55. The monoisotopic (exact) mass is 224 g/mol. The van der Waals surface area contributed by atoms with E-state index in [0.29, 0.717) is 12.0 Å². The van der Waals surface area contributed by atoms with Gasteiger partial charge in [0.15, 0.2) is 11.5 Å². The van der Waals surface area contributed by atoms with Crippen LogP contribution in [0.2, 0.25) is 0 Å². The summed E-state index contributed by atoms with van der Waals surface area (Å²) in [5, 5.41) is 19.2. The Morgan fingerprint density at radius 3 is 2.75 bits per heavy atom. The maximum Gasteiger partial charge on any atom is 0.342 e. The molecule has 0 aliphatic carbocycles. The van der Waals surface area contributed by atoms with Gasteiger partial charge in [-0.15, -0.1) is 0 Å². The number of carbonyl (C=O) groups excluding carboxylic acids is 1. The van der Waals surface area contributed by atoms with Crippen LogP contribution in [0, 0.1) is 0 Å². The highest BCUT2D eigenvalue weighted by molar-refractivity contribution is 5.97. The van der Waals surface area contributed by atoms with Crippen molar-refractivity contribution in [2.24, 2.45) is 0 Å². The Labute approximate surface area is 92.2 Å². The average Bonchev–Trinajstić information content (AvgIpc) is 2.20. The van der Waals surface area contributed by atoms with Gasteiger partial charge in [0.05, 0.1) is 7.11 Å². The van der Waals surface area contributed by atoms with Crippen molar-refractivity contribution in [1.82, 2.24) is 0 Å². The van der Waals surface area contributed by atoms with E-state index in [0.717, 1.165) is 0 Å². The lowest BCUT2D eigenvalue weighted by molar-refractivity contribution is 0.0292. The molecule has 1 aliphatic rings. The number of esters is 1. The molecular weight excluding hydrogens is 212 g/mol. The van der Waals surface area contributed by atoms with Gasteiger partial charge in [-0.25, -0.2) is 4.79 Å². The first-order valence-electron chi connectivity index (χ1n) is 4.87. The zero-order valence-electron chi connectivity index (χ0n) is 8.98. The number of ether oxygens (including phenoxy) is 2. The highest BCUT2D eigenvalue weighted by atomic mass is 16.5. The summed E-state index contributed by atoms with van der Waals surface area (Å²) >= 11 is 0. The summed E-state index contributed by atoms with van der Waals surface area (Å²) in [5.41, 5.74) is 0.566. The molecule has 2 rings (SSSR count). The topological polar surface area (TPSA) is 76.0 Å². The summed E-state index contributed by atoms with van der Waals surface area (Å²) in [6.45, 7) is 1.74. The second-order valence-corrected chi connectivity index (χ2v) is 3.72. The fourth-order valence-corrected chi connectivity index (χ4v) is 1.88. The van der Waals surface area contributed by atoms with Crippen molar-refractivity contribution in [2.75, 3.05) is 7.11 Å². The number of methoxy groups -OCH3 is 1. The van der Waals surface area contributed by atoms with Crippen molar-refractivity contribution in [1.29, 1.82) is 0 Å². The number of cyclic esters (lactones) is 1. The van der Waals surface area contributed by atoms with Crippen LogP contribution in [-0.2, 0) is 11.2 Å². The van der Waals surface area contributed by atoms with E-state index in [4.69, 9.17) is 9.47 Å². The molecule has 1 aromatic rings. The molecule has 1 aliphatic heterocycles. The normalized spacial score (nSPS) is 18.9. The van der Waals surface area contributed by atoms with E-state index in [1.54, 1.807) is 6.92 Å². The first-order valence-corrected chi connectivity index (χ1v) is 4.87. The lowest BCUT2D eigenvalue weighted by Crippen LogP contribution is -2.25. The molecular formula is C11H12O5. The Kier molecular flexibility index (Phi) is 2.38. The van der Waals surface area contributed by atoms with Gasteiger partial charge in [0, 0.05) is 18.1 Å². The van der Waals surface area contributed by atoms with Crippen LogP contribution in [-0.4, -0.2) is 29.4 Å². The van der Waals surface area contributed by atoms with Gasteiger partial charge in [0.1, 0.15) is 17.4 Å². The molecule has 0 saturated heterocycles. The number of benzene rings is 1. The van der Waals surface area contributed by atoms with Crippen molar-refractivity contribution < 1.29 is 24.5 Å². The average molecular weight is 224 g/mol. The van der Waals surface area contributed by atoms with E-state index in [2.05, 4.69) is 0 Å². The second kappa shape index (κ2) is 3.59. The first-order chi connectivity index (χ1) is 7.54. The minimum absolute atomic E-state index is 0.0460. The van der Waals surface area contributed by atoms with E-state index in [9.17, 15) is 15.0 Å². The minimum atomic E-state index is -0.586. The summed E-state index contributed by atoms with van der Waals surface area (Å²) in [7, 11) is 1.34. The van der Waals surface area contributed by atoms with Crippen LogP contribution in [0.15, 0.2) is 6.07 Å². The lowest BCUT2D eigenvalue weighted by Gasteiger charge is -2.24. The quantitative estimate of drug-likeness (QED) is 0.701. The Morgan fingerprint density at radius 2 is 2.12 bits per heavy atom. The van der Waals surface area contributed by atoms with E-state index >= 15 is 0 Å². The molecule has 0 saturated carbocycles. The molecule has 2 N–H and O–H groups in total. The van der Waals surface area contributed by atoms with Gasteiger partial charge in [-0.2, -0.15) is 0 Å². The molecule has 0 bridgehead atoms. The second-order valence-electron chi connectivity index (χ2n) is 3.72. The molecule has 5 heteroatoms. The van der Waals surface area contributed by atoms with Crippen molar-refractivity contribution in [3.05, 3.63) is 17.2 Å². The summed E-state index contributed by atoms with van der Waals surface area (Å²) < 4.78 is 9.97. The molecule has 86 valence electrons. The predicted molar refractivity (Wildman–Crippen MR) is 54.9 cm³/mol. The third-order valence-electron chi connectivity index (χ3n) is 2.55. The predicted octanol–water partition coefficient (Wildman–Crippen LogP) is 1.21. The Balaban J connectivity index is 2.69. The van der Waals surface area contributed by atoms with Crippen LogP contribution >= 0.6 is 0 Å². The van der Waals surface area contributed by atoms with Crippen molar-refractivity contribution >= 4 is 5.97 Å². The number of aromatic hydroxyl groups is 2. The van der Waals surface area contributed by atoms with Crippen LogP contribution in [0.4, 0.5) is 0 Å². The van der Waals surface area contributed by atoms with Crippen LogP contribution in [0.3, 0.4) is 0 Å². The molecule has 1 heterocycles. The van der Waals surface area contributed by atoms with Gasteiger partial charge < -0.3 is 19.7 Å². The number of hydrogen-bond donors (Lipinski definition) is 2. The Hall–Kier alpha value is -1.91. The number of phenolic OH excluding ortho intramolecular Hbond substituents is 2. The summed E-state index contributed by atoms with van der Waals surface area (Å²) in [6.07, 6.45) is 0.115. The highest BCUT2D eigenvalue weighted by Crippen LogP contribution is 2.41. The van der Waals surface area contributed by atoms with Crippen LogP contribution in [0.1, 0.15) is 22.8 Å². The summed E-state index contributed by atoms with van der Waals surface area (Å²) in [5.74, 6) is -0.927. The maximum absolute atomic E-state index is 11.7. The largest absolute Gasteiger partial charge is 0.507 e. The van der Waals surface area contributed by atoms with Crippen molar-refractivity contribution in [3.63, 3.8) is 0 Å². The first kappa shape index (κ1) is 10.6. The minimum Gasteiger partial charge on any atom is -0.507 e. The molecule has 1 unspecified atom stereocenters. The molecule has 0 amide bonds. The molecule has 5 nitrogen and oxygen atoms in total. The van der Waals surface area contributed by atoms with E-state index in [-0.39, 0.29) is 28.9 Å². The van der Waals surface area contributed by atoms with Gasteiger partial charge >= 0.3 is 5.97 Å². The fourth-order valence-electron chi connectivity index (χ4n) is 1.88. The molecule has 0 aromatic heterocycles. The number of fused-ring (bicyclic) bond motifs is 1. The van der Waals surface area contributed by atoms with Crippen LogP contribution in [0.5, 0.6) is 17.2 Å². The standard InChI is InChI=1S/C11H12O5/c1-5-3-6-7(12)4-8(13)10(15-2)9(6)11(14)16-5/h4-5,12-13H,3H2,1-2H3.